The van der Waals surface area contributed by atoms with Crippen molar-refractivity contribution in [3.63, 3.8) is 0 Å². The summed E-state index contributed by atoms with van der Waals surface area (Å²) in [6.45, 7) is 7.63. The molecule has 2 N–H and O–H groups in total. The molecule has 1 aromatic rings. The van der Waals surface area contributed by atoms with Gasteiger partial charge in [0.1, 0.15) is 0 Å². The highest BCUT2D eigenvalue weighted by atomic mass is 16.5. The van der Waals surface area contributed by atoms with Crippen LogP contribution in [0.2, 0.25) is 0 Å². The van der Waals surface area contributed by atoms with Gasteiger partial charge in [0, 0.05) is 6.04 Å². The van der Waals surface area contributed by atoms with E-state index in [1.165, 1.54) is 12.8 Å². The summed E-state index contributed by atoms with van der Waals surface area (Å²) >= 11 is 0. The highest BCUT2D eigenvalue weighted by Gasteiger charge is 2.08. The first kappa shape index (κ1) is 14.8. The topological polar surface area (TPSA) is 41.5 Å². The Balaban J connectivity index is 2.48. The molecule has 1 unspecified atom stereocenters. The number of hydrogen-bond donors (Lipinski definition) is 2. The molecule has 1 atom stereocenters. The average molecular weight is 251 g/mol. The Kier molecular flexibility index (Phi) is 5.99. The van der Waals surface area contributed by atoms with Gasteiger partial charge < -0.3 is 15.2 Å². The fourth-order valence-electron chi connectivity index (χ4n) is 1.91. The van der Waals surface area contributed by atoms with Crippen molar-refractivity contribution in [2.45, 2.75) is 39.7 Å². The smallest absolute Gasteiger partial charge is 0.160 e. The predicted molar refractivity (Wildman–Crippen MR) is 75.1 cm³/mol. The summed E-state index contributed by atoms with van der Waals surface area (Å²) in [5.41, 5.74) is 1.13. The van der Waals surface area contributed by atoms with Gasteiger partial charge in [0.25, 0.3) is 0 Å². The molecule has 3 nitrogen and oxygen atoms in total. The average Bonchev–Trinajstić information content (AvgIpc) is 2.34. The third-order valence-corrected chi connectivity index (χ3v) is 3.11. The van der Waals surface area contributed by atoms with E-state index in [1.807, 2.05) is 12.1 Å². The summed E-state index contributed by atoms with van der Waals surface area (Å²) in [5.74, 6) is 1.48. The van der Waals surface area contributed by atoms with E-state index >= 15 is 0 Å². The summed E-state index contributed by atoms with van der Waals surface area (Å²) in [5, 5.41) is 13.0. The molecule has 0 saturated carbocycles. The Hall–Kier alpha value is -1.22. The Labute approximate surface area is 110 Å². The Bertz CT molecular complexity index is 364. The fraction of sp³-hybridized carbons (Fsp3) is 0.600. The lowest BCUT2D eigenvalue weighted by molar-refractivity contribution is 0.372. The lowest BCUT2D eigenvalue weighted by Crippen LogP contribution is -2.20. The van der Waals surface area contributed by atoms with E-state index in [2.05, 4.69) is 26.1 Å². The van der Waals surface area contributed by atoms with E-state index in [0.717, 1.165) is 18.0 Å². The van der Waals surface area contributed by atoms with Crippen LogP contribution in [-0.2, 0) is 0 Å². The SMILES string of the molecule is COc1cc(C(C)NCCCC(C)C)ccc1O. The predicted octanol–water partition coefficient (Wildman–Crippen LogP) is 3.49. The molecule has 0 heterocycles. The summed E-state index contributed by atoms with van der Waals surface area (Å²) in [6, 6.07) is 5.76. The molecular weight excluding hydrogens is 226 g/mol. The molecular formula is C15H25NO2. The van der Waals surface area contributed by atoms with Crippen molar-refractivity contribution in [1.29, 1.82) is 0 Å². The number of rotatable bonds is 7. The third kappa shape index (κ3) is 4.57. The maximum Gasteiger partial charge on any atom is 0.160 e. The third-order valence-electron chi connectivity index (χ3n) is 3.11. The summed E-state index contributed by atoms with van der Waals surface area (Å²) in [6.07, 6.45) is 2.44. The molecule has 0 spiro atoms. The van der Waals surface area contributed by atoms with Gasteiger partial charge in [-0.15, -0.1) is 0 Å². The van der Waals surface area contributed by atoms with Gasteiger partial charge in [-0.3, -0.25) is 0 Å². The number of benzene rings is 1. The lowest BCUT2D eigenvalue weighted by Gasteiger charge is -2.16. The van der Waals surface area contributed by atoms with Crippen molar-refractivity contribution in [1.82, 2.24) is 5.32 Å². The van der Waals surface area contributed by atoms with Crippen LogP contribution < -0.4 is 10.1 Å². The fourth-order valence-corrected chi connectivity index (χ4v) is 1.91. The molecule has 0 aliphatic heterocycles. The summed E-state index contributed by atoms with van der Waals surface area (Å²) < 4.78 is 5.12. The van der Waals surface area contributed by atoms with Gasteiger partial charge in [0.05, 0.1) is 7.11 Å². The van der Waals surface area contributed by atoms with Crippen LogP contribution >= 0.6 is 0 Å². The molecule has 0 aromatic heterocycles. The first-order valence-electron chi connectivity index (χ1n) is 6.65. The molecule has 0 bridgehead atoms. The van der Waals surface area contributed by atoms with Gasteiger partial charge in [-0.25, -0.2) is 0 Å². The van der Waals surface area contributed by atoms with E-state index in [0.29, 0.717) is 5.75 Å². The normalized spacial score (nSPS) is 12.7. The van der Waals surface area contributed by atoms with Crippen LogP contribution in [0.25, 0.3) is 0 Å². The van der Waals surface area contributed by atoms with Crippen LogP contribution in [0.15, 0.2) is 18.2 Å². The molecule has 0 saturated heterocycles. The van der Waals surface area contributed by atoms with Crippen molar-refractivity contribution in [2.24, 2.45) is 5.92 Å². The van der Waals surface area contributed by atoms with Crippen molar-refractivity contribution in [2.75, 3.05) is 13.7 Å². The van der Waals surface area contributed by atoms with Crippen molar-refractivity contribution in [3.8, 4) is 11.5 Å². The quantitative estimate of drug-likeness (QED) is 0.729. The molecule has 0 radical (unpaired) electrons. The number of ether oxygens (including phenoxy) is 1. The van der Waals surface area contributed by atoms with Crippen LogP contribution in [-0.4, -0.2) is 18.8 Å². The van der Waals surface area contributed by atoms with Crippen LogP contribution in [0, 0.1) is 5.92 Å². The Morgan fingerprint density at radius 1 is 1.28 bits per heavy atom. The van der Waals surface area contributed by atoms with Gasteiger partial charge in [-0.05, 0) is 49.9 Å². The second-order valence-corrected chi connectivity index (χ2v) is 5.14. The molecule has 1 aromatic carbocycles. The van der Waals surface area contributed by atoms with Crippen LogP contribution in [0.4, 0.5) is 0 Å². The van der Waals surface area contributed by atoms with E-state index in [9.17, 15) is 5.11 Å². The van der Waals surface area contributed by atoms with Crippen molar-refractivity contribution >= 4 is 0 Å². The minimum Gasteiger partial charge on any atom is -0.504 e. The number of hydrogen-bond acceptors (Lipinski definition) is 3. The summed E-state index contributed by atoms with van der Waals surface area (Å²) in [4.78, 5) is 0. The molecule has 3 heteroatoms. The summed E-state index contributed by atoms with van der Waals surface area (Å²) in [7, 11) is 1.57. The van der Waals surface area contributed by atoms with E-state index in [1.54, 1.807) is 13.2 Å². The number of phenols is 1. The Morgan fingerprint density at radius 2 is 2.00 bits per heavy atom. The minimum absolute atomic E-state index is 0.188. The maximum atomic E-state index is 9.55. The molecule has 0 aliphatic rings. The molecule has 1 rings (SSSR count). The van der Waals surface area contributed by atoms with Crippen LogP contribution in [0.3, 0.4) is 0 Å². The highest BCUT2D eigenvalue weighted by Crippen LogP contribution is 2.28. The van der Waals surface area contributed by atoms with Gasteiger partial charge in [-0.2, -0.15) is 0 Å². The van der Waals surface area contributed by atoms with E-state index in [4.69, 9.17) is 4.74 Å². The van der Waals surface area contributed by atoms with Crippen LogP contribution in [0.1, 0.15) is 45.2 Å². The monoisotopic (exact) mass is 251 g/mol. The molecule has 0 amide bonds. The zero-order valence-electron chi connectivity index (χ0n) is 11.9. The van der Waals surface area contributed by atoms with Gasteiger partial charge in [-0.1, -0.05) is 19.9 Å². The zero-order chi connectivity index (χ0) is 13.5. The zero-order valence-corrected chi connectivity index (χ0v) is 11.9. The second-order valence-electron chi connectivity index (χ2n) is 5.14. The highest BCUT2D eigenvalue weighted by molar-refractivity contribution is 5.42. The number of phenolic OH excluding ortho intramolecular Hbond substituents is 1. The maximum absolute atomic E-state index is 9.55. The van der Waals surface area contributed by atoms with Crippen molar-refractivity contribution in [3.05, 3.63) is 23.8 Å². The first-order chi connectivity index (χ1) is 8.54. The van der Waals surface area contributed by atoms with Crippen molar-refractivity contribution < 1.29 is 9.84 Å². The number of aromatic hydroxyl groups is 1. The molecule has 18 heavy (non-hydrogen) atoms. The van der Waals surface area contributed by atoms with Crippen LogP contribution in [0.5, 0.6) is 11.5 Å². The lowest BCUT2D eigenvalue weighted by atomic mass is 10.1. The first-order valence-corrected chi connectivity index (χ1v) is 6.65. The van der Waals surface area contributed by atoms with Gasteiger partial charge in [0.15, 0.2) is 11.5 Å². The number of nitrogens with one attached hydrogen (secondary N) is 1. The standard InChI is InChI=1S/C15H25NO2/c1-11(2)6-5-9-16-12(3)13-7-8-14(17)15(10-13)18-4/h7-8,10-12,16-17H,5-6,9H2,1-4H3. The van der Waals surface area contributed by atoms with E-state index in [-0.39, 0.29) is 11.8 Å². The molecule has 102 valence electrons. The number of methoxy groups -OCH3 is 1. The Morgan fingerprint density at radius 3 is 2.61 bits per heavy atom. The largest absolute Gasteiger partial charge is 0.504 e. The molecule has 0 aliphatic carbocycles. The van der Waals surface area contributed by atoms with Gasteiger partial charge in [0.2, 0.25) is 0 Å². The van der Waals surface area contributed by atoms with E-state index < -0.39 is 0 Å². The van der Waals surface area contributed by atoms with Gasteiger partial charge >= 0.3 is 0 Å². The second kappa shape index (κ2) is 7.27. The molecule has 0 fully saturated rings. The minimum atomic E-state index is 0.188.